The molecule has 20 heavy (non-hydrogen) atoms. The van der Waals surface area contributed by atoms with Gasteiger partial charge < -0.3 is 5.73 Å². The van der Waals surface area contributed by atoms with E-state index in [9.17, 15) is 8.42 Å². The first-order valence-corrected chi connectivity index (χ1v) is 8.07. The Balaban J connectivity index is 2.51. The highest BCUT2D eigenvalue weighted by Crippen LogP contribution is 2.25. The second-order valence-electron chi connectivity index (χ2n) is 4.46. The molecule has 7 heteroatoms. The SMILES string of the molecule is Cc1cc2cccc(S(=O)(=O)NCCCN)c2nc1Cl. The summed E-state index contributed by atoms with van der Waals surface area (Å²) in [6.07, 6.45) is 0.581. The molecule has 2 aromatic rings. The van der Waals surface area contributed by atoms with Gasteiger partial charge in [0.2, 0.25) is 10.0 Å². The highest BCUT2D eigenvalue weighted by molar-refractivity contribution is 7.89. The highest BCUT2D eigenvalue weighted by Gasteiger charge is 2.18. The van der Waals surface area contributed by atoms with Gasteiger partial charge in [0.25, 0.3) is 0 Å². The average molecular weight is 314 g/mol. The van der Waals surface area contributed by atoms with Crippen LogP contribution in [0.3, 0.4) is 0 Å². The number of aryl methyl sites for hydroxylation is 1. The number of sulfonamides is 1. The summed E-state index contributed by atoms with van der Waals surface area (Å²) in [5.74, 6) is 0. The predicted octanol–water partition coefficient (Wildman–Crippen LogP) is 1.82. The Bertz CT molecular complexity index is 732. The Morgan fingerprint density at radius 3 is 2.85 bits per heavy atom. The van der Waals surface area contributed by atoms with E-state index in [1.165, 1.54) is 6.07 Å². The maximum absolute atomic E-state index is 12.3. The number of aromatic nitrogens is 1. The number of rotatable bonds is 5. The van der Waals surface area contributed by atoms with Crippen LogP contribution < -0.4 is 10.5 Å². The third-order valence-electron chi connectivity index (χ3n) is 2.90. The van der Waals surface area contributed by atoms with Crippen molar-refractivity contribution in [1.82, 2.24) is 9.71 Å². The highest BCUT2D eigenvalue weighted by atomic mass is 35.5. The fraction of sp³-hybridized carbons (Fsp3) is 0.308. The van der Waals surface area contributed by atoms with Crippen LogP contribution in [0.25, 0.3) is 10.9 Å². The average Bonchev–Trinajstić information content (AvgIpc) is 2.39. The molecule has 0 aliphatic heterocycles. The minimum atomic E-state index is -3.62. The number of nitrogens with two attached hydrogens (primary N) is 1. The number of hydrogen-bond acceptors (Lipinski definition) is 4. The van der Waals surface area contributed by atoms with Gasteiger partial charge in [0.15, 0.2) is 0 Å². The molecule has 0 radical (unpaired) electrons. The summed E-state index contributed by atoms with van der Waals surface area (Å²) in [4.78, 5) is 4.32. The molecular weight excluding hydrogens is 298 g/mol. The van der Waals surface area contributed by atoms with Crippen molar-refractivity contribution in [2.75, 3.05) is 13.1 Å². The van der Waals surface area contributed by atoms with Gasteiger partial charge in [0.1, 0.15) is 10.0 Å². The first-order chi connectivity index (χ1) is 9.45. The molecule has 0 bridgehead atoms. The van der Waals surface area contributed by atoms with Gasteiger partial charge in [-0.05, 0) is 37.6 Å². The molecule has 0 amide bonds. The predicted molar refractivity (Wildman–Crippen MR) is 80.3 cm³/mol. The lowest BCUT2D eigenvalue weighted by atomic mass is 10.2. The smallest absolute Gasteiger partial charge is 0.242 e. The first kappa shape index (κ1) is 15.2. The maximum Gasteiger partial charge on any atom is 0.242 e. The van der Waals surface area contributed by atoms with E-state index in [4.69, 9.17) is 17.3 Å². The molecule has 0 spiro atoms. The van der Waals surface area contributed by atoms with E-state index in [0.717, 1.165) is 10.9 Å². The van der Waals surface area contributed by atoms with Gasteiger partial charge in [0, 0.05) is 11.9 Å². The topological polar surface area (TPSA) is 85.1 Å². The molecule has 2 rings (SSSR count). The number of para-hydroxylation sites is 1. The van der Waals surface area contributed by atoms with Crippen LogP contribution in [-0.2, 0) is 10.0 Å². The van der Waals surface area contributed by atoms with Crippen LogP contribution >= 0.6 is 11.6 Å². The van der Waals surface area contributed by atoms with Crippen LogP contribution in [0.4, 0.5) is 0 Å². The third kappa shape index (κ3) is 3.09. The van der Waals surface area contributed by atoms with Crippen molar-refractivity contribution >= 4 is 32.5 Å². The molecule has 1 heterocycles. The van der Waals surface area contributed by atoms with E-state index in [1.54, 1.807) is 6.07 Å². The summed E-state index contributed by atoms with van der Waals surface area (Å²) in [7, 11) is -3.62. The second kappa shape index (κ2) is 6.05. The number of nitrogens with zero attached hydrogens (tertiary/aromatic N) is 1. The molecule has 5 nitrogen and oxygen atoms in total. The number of halogens is 1. The van der Waals surface area contributed by atoms with E-state index in [-0.39, 0.29) is 4.90 Å². The van der Waals surface area contributed by atoms with E-state index >= 15 is 0 Å². The van der Waals surface area contributed by atoms with Crippen LogP contribution in [0.2, 0.25) is 5.15 Å². The van der Waals surface area contributed by atoms with Crippen molar-refractivity contribution in [2.24, 2.45) is 5.73 Å². The third-order valence-corrected chi connectivity index (χ3v) is 4.78. The van der Waals surface area contributed by atoms with E-state index < -0.39 is 10.0 Å². The monoisotopic (exact) mass is 313 g/mol. The van der Waals surface area contributed by atoms with Gasteiger partial charge in [-0.25, -0.2) is 18.1 Å². The molecule has 0 fully saturated rings. The van der Waals surface area contributed by atoms with Crippen molar-refractivity contribution < 1.29 is 8.42 Å². The Morgan fingerprint density at radius 2 is 2.15 bits per heavy atom. The second-order valence-corrected chi connectivity index (χ2v) is 6.56. The largest absolute Gasteiger partial charge is 0.330 e. The fourth-order valence-electron chi connectivity index (χ4n) is 1.86. The molecule has 0 atom stereocenters. The van der Waals surface area contributed by atoms with Crippen molar-refractivity contribution in [1.29, 1.82) is 0 Å². The maximum atomic E-state index is 12.3. The zero-order valence-corrected chi connectivity index (χ0v) is 12.6. The minimum absolute atomic E-state index is 0.133. The molecule has 0 aliphatic carbocycles. The van der Waals surface area contributed by atoms with Gasteiger partial charge in [0.05, 0.1) is 5.52 Å². The molecule has 0 unspecified atom stereocenters. The van der Waals surface area contributed by atoms with E-state index in [1.807, 2.05) is 19.1 Å². The van der Waals surface area contributed by atoms with Crippen LogP contribution in [0, 0.1) is 6.92 Å². The summed E-state index contributed by atoms with van der Waals surface area (Å²) in [5, 5.41) is 1.05. The van der Waals surface area contributed by atoms with Gasteiger partial charge in [-0.1, -0.05) is 23.7 Å². The molecule has 0 aliphatic rings. The Hall–Kier alpha value is -1.21. The number of benzene rings is 1. The lowest BCUT2D eigenvalue weighted by molar-refractivity contribution is 0.580. The van der Waals surface area contributed by atoms with Gasteiger partial charge >= 0.3 is 0 Å². The zero-order chi connectivity index (χ0) is 14.8. The molecule has 108 valence electrons. The van der Waals surface area contributed by atoms with Crippen LogP contribution in [-0.4, -0.2) is 26.5 Å². The lowest BCUT2D eigenvalue weighted by Crippen LogP contribution is -2.26. The summed E-state index contributed by atoms with van der Waals surface area (Å²) in [6.45, 7) is 2.56. The number of hydrogen-bond donors (Lipinski definition) is 2. The minimum Gasteiger partial charge on any atom is -0.330 e. The zero-order valence-electron chi connectivity index (χ0n) is 11.1. The van der Waals surface area contributed by atoms with Gasteiger partial charge in [-0.3, -0.25) is 0 Å². The quantitative estimate of drug-likeness (QED) is 0.651. The van der Waals surface area contributed by atoms with Crippen molar-refractivity contribution in [3.63, 3.8) is 0 Å². The molecule has 1 aromatic heterocycles. The fourth-order valence-corrected chi connectivity index (χ4v) is 3.24. The molecule has 0 saturated heterocycles. The standard InChI is InChI=1S/C13H16ClN3O2S/c1-9-8-10-4-2-5-11(12(10)17-13(9)14)20(18,19)16-7-3-6-15/h2,4-5,8,16H,3,6-7,15H2,1H3. The molecule has 0 saturated carbocycles. The summed E-state index contributed by atoms with van der Waals surface area (Å²) < 4.78 is 27.1. The number of pyridine rings is 1. The molecule has 1 aromatic carbocycles. The Labute approximate surface area is 123 Å². The van der Waals surface area contributed by atoms with Crippen molar-refractivity contribution in [3.8, 4) is 0 Å². The normalized spacial score (nSPS) is 11.9. The van der Waals surface area contributed by atoms with Gasteiger partial charge in [-0.2, -0.15) is 0 Å². The number of nitrogens with one attached hydrogen (secondary N) is 1. The lowest BCUT2D eigenvalue weighted by Gasteiger charge is -2.09. The van der Waals surface area contributed by atoms with Crippen LogP contribution in [0.15, 0.2) is 29.2 Å². The Morgan fingerprint density at radius 1 is 1.40 bits per heavy atom. The Kier molecular flexibility index (Phi) is 4.59. The summed E-state index contributed by atoms with van der Waals surface area (Å²) in [5.41, 5.74) is 6.55. The van der Waals surface area contributed by atoms with Gasteiger partial charge in [-0.15, -0.1) is 0 Å². The van der Waals surface area contributed by atoms with Crippen LogP contribution in [0.1, 0.15) is 12.0 Å². The van der Waals surface area contributed by atoms with Crippen LogP contribution in [0.5, 0.6) is 0 Å². The van der Waals surface area contributed by atoms with Crippen molar-refractivity contribution in [2.45, 2.75) is 18.2 Å². The van der Waals surface area contributed by atoms with E-state index in [2.05, 4.69) is 9.71 Å². The molecule has 3 N–H and O–H groups in total. The van der Waals surface area contributed by atoms with Crippen molar-refractivity contribution in [3.05, 3.63) is 35.0 Å². The first-order valence-electron chi connectivity index (χ1n) is 6.21. The summed E-state index contributed by atoms with van der Waals surface area (Å²) >= 11 is 5.99. The number of fused-ring (bicyclic) bond motifs is 1. The summed E-state index contributed by atoms with van der Waals surface area (Å²) in [6, 6.07) is 6.84. The van der Waals surface area contributed by atoms with E-state index in [0.29, 0.717) is 30.2 Å². The molecular formula is C13H16ClN3O2S.